The predicted octanol–water partition coefficient (Wildman–Crippen LogP) is 2.59. The summed E-state index contributed by atoms with van der Waals surface area (Å²) in [5.74, 6) is 0. The predicted molar refractivity (Wildman–Crippen MR) is 53.8 cm³/mol. The highest BCUT2D eigenvalue weighted by molar-refractivity contribution is 4.64. The van der Waals surface area contributed by atoms with Crippen molar-refractivity contribution in [2.45, 2.75) is 33.4 Å². The average molecular weight is 227 g/mol. The molecule has 0 radical (unpaired) electrons. The fourth-order valence-electron chi connectivity index (χ4n) is 0.951. The molecular formula is C10H20F3NO. The third kappa shape index (κ3) is 13.7. The SMILES string of the molecule is CC(C)(C)CNCCCOCC(F)(F)F. The van der Waals surface area contributed by atoms with E-state index in [0.29, 0.717) is 13.0 Å². The number of alkyl halides is 3. The lowest BCUT2D eigenvalue weighted by atomic mass is 9.97. The van der Waals surface area contributed by atoms with Crippen molar-refractivity contribution in [3.63, 3.8) is 0 Å². The zero-order valence-corrected chi connectivity index (χ0v) is 9.58. The van der Waals surface area contributed by atoms with Crippen molar-refractivity contribution >= 4 is 0 Å². The van der Waals surface area contributed by atoms with Gasteiger partial charge in [-0.2, -0.15) is 13.2 Å². The molecule has 0 aromatic heterocycles. The van der Waals surface area contributed by atoms with Gasteiger partial charge in [0.15, 0.2) is 0 Å². The Bertz CT molecular complexity index is 145. The molecule has 0 saturated heterocycles. The summed E-state index contributed by atoms with van der Waals surface area (Å²) < 4.78 is 39.4. The molecule has 0 aliphatic rings. The Kier molecular flexibility index (Phi) is 6.20. The first-order chi connectivity index (χ1) is 6.71. The number of hydrogen-bond acceptors (Lipinski definition) is 2. The topological polar surface area (TPSA) is 21.3 Å². The van der Waals surface area contributed by atoms with Gasteiger partial charge in [-0.1, -0.05) is 20.8 Å². The molecule has 0 bridgehead atoms. The van der Waals surface area contributed by atoms with Crippen molar-refractivity contribution in [2.75, 3.05) is 26.3 Å². The van der Waals surface area contributed by atoms with E-state index in [2.05, 4.69) is 30.8 Å². The van der Waals surface area contributed by atoms with E-state index in [9.17, 15) is 13.2 Å². The van der Waals surface area contributed by atoms with Crippen molar-refractivity contribution < 1.29 is 17.9 Å². The average Bonchev–Trinajstić information content (AvgIpc) is 1.98. The van der Waals surface area contributed by atoms with Crippen molar-refractivity contribution in [1.82, 2.24) is 5.32 Å². The molecule has 5 heteroatoms. The molecule has 1 N–H and O–H groups in total. The van der Waals surface area contributed by atoms with Crippen LogP contribution in [0.2, 0.25) is 0 Å². The molecule has 0 aliphatic heterocycles. The van der Waals surface area contributed by atoms with Gasteiger partial charge in [0.25, 0.3) is 0 Å². The normalized spacial score (nSPS) is 13.2. The number of halogens is 3. The van der Waals surface area contributed by atoms with E-state index in [1.54, 1.807) is 0 Å². The quantitative estimate of drug-likeness (QED) is 0.704. The second-order valence-electron chi connectivity index (χ2n) is 4.76. The zero-order chi connectivity index (χ0) is 11.9. The number of hydrogen-bond donors (Lipinski definition) is 1. The molecule has 0 unspecified atom stereocenters. The van der Waals surface area contributed by atoms with Crippen LogP contribution in [-0.2, 0) is 4.74 Å². The zero-order valence-electron chi connectivity index (χ0n) is 9.58. The Morgan fingerprint density at radius 1 is 1.13 bits per heavy atom. The summed E-state index contributed by atoms with van der Waals surface area (Å²) in [6, 6.07) is 0. The minimum absolute atomic E-state index is 0.149. The fraction of sp³-hybridized carbons (Fsp3) is 1.00. The van der Waals surface area contributed by atoms with E-state index in [-0.39, 0.29) is 12.0 Å². The maximum atomic E-state index is 11.6. The van der Waals surface area contributed by atoms with Crippen molar-refractivity contribution in [1.29, 1.82) is 0 Å². The lowest BCUT2D eigenvalue weighted by molar-refractivity contribution is -0.173. The van der Waals surface area contributed by atoms with Gasteiger partial charge in [0.2, 0.25) is 0 Å². The number of rotatable bonds is 6. The first-order valence-corrected chi connectivity index (χ1v) is 5.06. The van der Waals surface area contributed by atoms with Crippen LogP contribution in [-0.4, -0.2) is 32.5 Å². The number of ether oxygens (including phenoxy) is 1. The Balaban J connectivity index is 3.20. The summed E-state index contributed by atoms with van der Waals surface area (Å²) in [6.07, 6.45) is -3.61. The van der Waals surface area contributed by atoms with E-state index >= 15 is 0 Å². The van der Waals surface area contributed by atoms with E-state index in [1.807, 2.05) is 0 Å². The fourth-order valence-corrected chi connectivity index (χ4v) is 0.951. The van der Waals surface area contributed by atoms with Gasteiger partial charge < -0.3 is 10.1 Å². The van der Waals surface area contributed by atoms with Gasteiger partial charge in [0.1, 0.15) is 6.61 Å². The molecular weight excluding hydrogens is 207 g/mol. The molecule has 0 rings (SSSR count). The molecule has 0 atom stereocenters. The highest BCUT2D eigenvalue weighted by Crippen LogP contribution is 2.14. The molecule has 0 aromatic carbocycles. The molecule has 0 saturated carbocycles. The van der Waals surface area contributed by atoms with E-state index < -0.39 is 12.8 Å². The Hall–Kier alpha value is -0.290. The third-order valence-corrected chi connectivity index (χ3v) is 1.56. The van der Waals surface area contributed by atoms with E-state index in [0.717, 1.165) is 6.54 Å². The molecule has 2 nitrogen and oxygen atoms in total. The van der Waals surface area contributed by atoms with Crippen LogP contribution in [0.5, 0.6) is 0 Å². The largest absolute Gasteiger partial charge is 0.411 e. The molecule has 0 aliphatic carbocycles. The van der Waals surface area contributed by atoms with Crippen LogP contribution in [0.15, 0.2) is 0 Å². The van der Waals surface area contributed by atoms with Gasteiger partial charge in [-0.25, -0.2) is 0 Å². The van der Waals surface area contributed by atoms with Crippen LogP contribution in [0.3, 0.4) is 0 Å². The summed E-state index contributed by atoms with van der Waals surface area (Å²) in [4.78, 5) is 0. The number of nitrogens with one attached hydrogen (secondary N) is 1. The van der Waals surface area contributed by atoms with E-state index in [1.165, 1.54) is 0 Å². The van der Waals surface area contributed by atoms with Gasteiger partial charge in [-0.3, -0.25) is 0 Å². The molecule has 92 valence electrons. The van der Waals surface area contributed by atoms with Gasteiger partial charge in [-0.15, -0.1) is 0 Å². The molecule has 0 fully saturated rings. The van der Waals surface area contributed by atoms with E-state index in [4.69, 9.17) is 0 Å². The lowest BCUT2D eigenvalue weighted by Gasteiger charge is -2.18. The monoisotopic (exact) mass is 227 g/mol. The summed E-state index contributed by atoms with van der Waals surface area (Å²) in [6.45, 7) is 6.84. The van der Waals surface area contributed by atoms with Crippen LogP contribution < -0.4 is 5.32 Å². The summed E-state index contributed by atoms with van der Waals surface area (Å²) in [5.41, 5.74) is 0.201. The van der Waals surface area contributed by atoms with Crippen molar-refractivity contribution in [3.05, 3.63) is 0 Å². The molecule has 0 spiro atoms. The third-order valence-electron chi connectivity index (χ3n) is 1.56. The first kappa shape index (κ1) is 14.7. The Morgan fingerprint density at radius 2 is 1.73 bits per heavy atom. The smallest absolute Gasteiger partial charge is 0.372 e. The Labute approximate surface area is 89.2 Å². The van der Waals surface area contributed by atoms with Gasteiger partial charge in [-0.05, 0) is 24.9 Å². The summed E-state index contributed by atoms with van der Waals surface area (Å²) in [7, 11) is 0. The van der Waals surface area contributed by atoms with Crippen LogP contribution in [0.1, 0.15) is 27.2 Å². The maximum Gasteiger partial charge on any atom is 0.411 e. The van der Waals surface area contributed by atoms with Gasteiger partial charge >= 0.3 is 6.18 Å². The van der Waals surface area contributed by atoms with Gasteiger partial charge in [0, 0.05) is 6.61 Å². The molecule has 0 aromatic rings. The van der Waals surface area contributed by atoms with Crippen LogP contribution in [0.4, 0.5) is 13.2 Å². The van der Waals surface area contributed by atoms with Crippen molar-refractivity contribution in [2.24, 2.45) is 5.41 Å². The maximum absolute atomic E-state index is 11.6. The Morgan fingerprint density at radius 3 is 2.20 bits per heavy atom. The summed E-state index contributed by atoms with van der Waals surface area (Å²) >= 11 is 0. The second-order valence-corrected chi connectivity index (χ2v) is 4.76. The van der Waals surface area contributed by atoms with Crippen LogP contribution in [0.25, 0.3) is 0 Å². The summed E-state index contributed by atoms with van der Waals surface area (Å²) in [5, 5.41) is 3.16. The standard InChI is InChI=1S/C10H20F3NO/c1-9(2,3)7-14-5-4-6-15-8-10(11,12)13/h14H,4-8H2,1-3H3. The minimum Gasteiger partial charge on any atom is -0.372 e. The lowest BCUT2D eigenvalue weighted by Crippen LogP contribution is -2.28. The molecule has 0 heterocycles. The first-order valence-electron chi connectivity index (χ1n) is 5.06. The van der Waals surface area contributed by atoms with Crippen LogP contribution >= 0.6 is 0 Å². The molecule has 15 heavy (non-hydrogen) atoms. The highest BCUT2D eigenvalue weighted by atomic mass is 19.4. The second kappa shape index (κ2) is 6.33. The van der Waals surface area contributed by atoms with Crippen molar-refractivity contribution in [3.8, 4) is 0 Å². The van der Waals surface area contributed by atoms with Gasteiger partial charge in [0.05, 0.1) is 0 Å². The van der Waals surface area contributed by atoms with Crippen LogP contribution in [0, 0.1) is 5.41 Å². The highest BCUT2D eigenvalue weighted by Gasteiger charge is 2.27. The minimum atomic E-state index is -4.21. The molecule has 0 amide bonds.